The summed E-state index contributed by atoms with van der Waals surface area (Å²) in [5.41, 5.74) is 6.97. The van der Waals surface area contributed by atoms with Crippen molar-refractivity contribution in [3.05, 3.63) is 29.6 Å². The molecule has 2 aliphatic rings. The van der Waals surface area contributed by atoms with Gasteiger partial charge in [-0.05, 0) is 37.8 Å². The van der Waals surface area contributed by atoms with E-state index >= 15 is 0 Å². The van der Waals surface area contributed by atoms with Crippen molar-refractivity contribution in [1.82, 2.24) is 0 Å². The Hall–Kier alpha value is -1.13. The molecule has 2 fully saturated rings. The monoisotopic (exact) mass is 292 g/mol. The minimum atomic E-state index is -0.533. The molecule has 1 aliphatic carbocycles. The third kappa shape index (κ3) is 2.67. The smallest absolute Gasteiger partial charge is 0.146 e. The number of fused-ring (bicyclic) bond motifs is 1. The van der Waals surface area contributed by atoms with Gasteiger partial charge in [-0.2, -0.15) is 0 Å². The Morgan fingerprint density at radius 1 is 1.38 bits per heavy atom. The summed E-state index contributed by atoms with van der Waals surface area (Å²) in [6.45, 7) is 3.32. The Kier molecular flexibility index (Phi) is 3.93. The van der Waals surface area contributed by atoms with Crippen molar-refractivity contribution < 1.29 is 9.50 Å². The molecule has 1 saturated carbocycles. The van der Waals surface area contributed by atoms with E-state index < -0.39 is 5.60 Å². The highest BCUT2D eigenvalue weighted by Gasteiger charge is 2.43. The van der Waals surface area contributed by atoms with Crippen LogP contribution in [0, 0.1) is 11.7 Å². The molecular weight excluding hydrogens is 267 g/mol. The summed E-state index contributed by atoms with van der Waals surface area (Å²) >= 11 is 0. The summed E-state index contributed by atoms with van der Waals surface area (Å²) in [6, 6.07) is 4.94. The number of aliphatic hydroxyl groups is 1. The van der Waals surface area contributed by atoms with Gasteiger partial charge in [-0.25, -0.2) is 4.39 Å². The van der Waals surface area contributed by atoms with Gasteiger partial charge >= 0.3 is 0 Å². The van der Waals surface area contributed by atoms with Crippen LogP contribution in [0.3, 0.4) is 0 Å². The van der Waals surface area contributed by atoms with Crippen LogP contribution < -0.4 is 10.6 Å². The summed E-state index contributed by atoms with van der Waals surface area (Å²) in [5, 5.41) is 10.8. The van der Waals surface area contributed by atoms with Crippen LogP contribution in [0.15, 0.2) is 18.2 Å². The molecule has 116 valence electrons. The average molecular weight is 292 g/mol. The summed E-state index contributed by atoms with van der Waals surface area (Å²) in [4.78, 5) is 2.10. The fourth-order valence-electron chi connectivity index (χ4n) is 4.01. The fourth-order valence-corrected chi connectivity index (χ4v) is 4.01. The Bertz CT molecular complexity index is 520. The van der Waals surface area contributed by atoms with Gasteiger partial charge in [-0.15, -0.1) is 0 Å². The van der Waals surface area contributed by atoms with Crippen molar-refractivity contribution in [1.29, 1.82) is 0 Å². The SMILES string of the molecule is C[C@H](N)c1cccc(F)c1N1CCC2(O)CCCCC2C1. The molecule has 4 heteroatoms. The first kappa shape index (κ1) is 14.8. The maximum atomic E-state index is 14.4. The van der Waals surface area contributed by atoms with Gasteiger partial charge in [0.25, 0.3) is 0 Å². The standard InChI is InChI=1S/C17H25FN2O/c1-12(19)14-6-4-7-15(18)16(14)20-10-9-17(21)8-3-2-5-13(17)11-20/h4,6-7,12-13,21H,2-3,5,8-11,19H2,1H3/t12-,13?,17?/m0/s1. The number of halogens is 1. The zero-order valence-electron chi connectivity index (χ0n) is 12.7. The minimum absolute atomic E-state index is 0.192. The predicted molar refractivity (Wildman–Crippen MR) is 82.7 cm³/mol. The molecule has 0 radical (unpaired) electrons. The lowest BCUT2D eigenvalue weighted by molar-refractivity contribution is -0.0613. The molecular formula is C17H25FN2O. The molecule has 3 nitrogen and oxygen atoms in total. The topological polar surface area (TPSA) is 49.5 Å². The number of rotatable bonds is 2. The summed E-state index contributed by atoms with van der Waals surface area (Å²) < 4.78 is 14.4. The molecule has 0 bridgehead atoms. The normalized spacial score (nSPS) is 30.9. The molecule has 3 atom stereocenters. The van der Waals surface area contributed by atoms with Crippen LogP contribution in [0.25, 0.3) is 0 Å². The molecule has 0 amide bonds. The molecule has 1 saturated heterocycles. The number of hydrogen-bond donors (Lipinski definition) is 2. The van der Waals surface area contributed by atoms with E-state index in [1.54, 1.807) is 6.07 Å². The molecule has 21 heavy (non-hydrogen) atoms. The van der Waals surface area contributed by atoms with Gasteiger partial charge in [-0.3, -0.25) is 0 Å². The molecule has 1 heterocycles. The third-order valence-corrected chi connectivity index (χ3v) is 5.25. The van der Waals surface area contributed by atoms with E-state index in [-0.39, 0.29) is 17.8 Å². The van der Waals surface area contributed by atoms with Crippen LogP contribution in [0.5, 0.6) is 0 Å². The van der Waals surface area contributed by atoms with Gasteiger partial charge in [0.2, 0.25) is 0 Å². The number of nitrogens with two attached hydrogens (primary N) is 1. The summed E-state index contributed by atoms with van der Waals surface area (Å²) in [5.74, 6) is 0.0478. The summed E-state index contributed by atoms with van der Waals surface area (Å²) in [6.07, 6.45) is 4.93. The molecule has 2 unspecified atom stereocenters. The van der Waals surface area contributed by atoms with Crippen LogP contribution in [0.4, 0.5) is 10.1 Å². The van der Waals surface area contributed by atoms with Gasteiger partial charge in [0.15, 0.2) is 0 Å². The molecule has 3 rings (SSSR count). The maximum Gasteiger partial charge on any atom is 0.146 e. The van der Waals surface area contributed by atoms with E-state index in [1.165, 1.54) is 6.07 Å². The van der Waals surface area contributed by atoms with E-state index in [9.17, 15) is 9.50 Å². The second-order valence-electron chi connectivity index (χ2n) is 6.71. The second kappa shape index (κ2) is 5.58. The van der Waals surface area contributed by atoms with E-state index in [2.05, 4.69) is 4.90 Å². The van der Waals surface area contributed by atoms with Gasteiger partial charge in [0, 0.05) is 25.0 Å². The van der Waals surface area contributed by atoms with Crippen molar-refractivity contribution >= 4 is 5.69 Å². The Morgan fingerprint density at radius 2 is 2.19 bits per heavy atom. The Balaban J connectivity index is 1.89. The van der Waals surface area contributed by atoms with E-state index in [0.717, 1.165) is 44.2 Å². The zero-order chi connectivity index (χ0) is 15.0. The average Bonchev–Trinajstić information content (AvgIpc) is 2.46. The van der Waals surface area contributed by atoms with Crippen LogP contribution in [-0.2, 0) is 0 Å². The quantitative estimate of drug-likeness (QED) is 0.881. The number of nitrogens with zero attached hydrogens (tertiary/aromatic N) is 1. The third-order valence-electron chi connectivity index (χ3n) is 5.25. The molecule has 1 aliphatic heterocycles. The highest BCUT2D eigenvalue weighted by atomic mass is 19.1. The van der Waals surface area contributed by atoms with Crippen molar-refractivity contribution in [2.24, 2.45) is 11.7 Å². The van der Waals surface area contributed by atoms with Crippen molar-refractivity contribution in [3.63, 3.8) is 0 Å². The van der Waals surface area contributed by atoms with E-state index in [1.807, 2.05) is 13.0 Å². The lowest BCUT2D eigenvalue weighted by Crippen LogP contribution is -2.53. The zero-order valence-corrected chi connectivity index (χ0v) is 12.7. The Labute approximate surface area is 125 Å². The number of hydrogen-bond acceptors (Lipinski definition) is 3. The molecule has 3 N–H and O–H groups in total. The highest BCUT2D eigenvalue weighted by molar-refractivity contribution is 5.56. The minimum Gasteiger partial charge on any atom is -0.389 e. The second-order valence-corrected chi connectivity index (χ2v) is 6.71. The van der Waals surface area contributed by atoms with Crippen LogP contribution in [0.2, 0.25) is 0 Å². The van der Waals surface area contributed by atoms with Gasteiger partial charge in [0.1, 0.15) is 5.82 Å². The van der Waals surface area contributed by atoms with Crippen LogP contribution in [-0.4, -0.2) is 23.8 Å². The van der Waals surface area contributed by atoms with Crippen LogP contribution >= 0.6 is 0 Å². The lowest BCUT2D eigenvalue weighted by atomic mass is 9.71. The molecule has 1 aromatic carbocycles. The molecule has 1 aromatic rings. The van der Waals surface area contributed by atoms with Gasteiger partial charge in [0.05, 0.1) is 11.3 Å². The van der Waals surface area contributed by atoms with E-state index in [0.29, 0.717) is 12.2 Å². The van der Waals surface area contributed by atoms with Gasteiger partial charge < -0.3 is 15.7 Å². The fraction of sp³-hybridized carbons (Fsp3) is 0.647. The first-order valence-electron chi connectivity index (χ1n) is 8.02. The van der Waals surface area contributed by atoms with Crippen molar-refractivity contribution in [2.75, 3.05) is 18.0 Å². The first-order chi connectivity index (χ1) is 10.0. The maximum absolute atomic E-state index is 14.4. The number of piperidine rings is 1. The largest absolute Gasteiger partial charge is 0.389 e. The highest BCUT2D eigenvalue weighted by Crippen LogP contribution is 2.42. The number of para-hydroxylation sites is 1. The number of anilines is 1. The van der Waals surface area contributed by atoms with Crippen molar-refractivity contribution in [3.8, 4) is 0 Å². The van der Waals surface area contributed by atoms with Crippen molar-refractivity contribution in [2.45, 2.75) is 50.7 Å². The Morgan fingerprint density at radius 3 is 2.95 bits per heavy atom. The number of benzene rings is 1. The summed E-state index contributed by atoms with van der Waals surface area (Å²) in [7, 11) is 0. The van der Waals surface area contributed by atoms with Crippen LogP contribution in [0.1, 0.15) is 50.6 Å². The van der Waals surface area contributed by atoms with Gasteiger partial charge in [-0.1, -0.05) is 25.0 Å². The molecule has 0 aromatic heterocycles. The lowest BCUT2D eigenvalue weighted by Gasteiger charge is -2.48. The van der Waals surface area contributed by atoms with E-state index in [4.69, 9.17) is 5.73 Å². The first-order valence-corrected chi connectivity index (χ1v) is 8.02. The molecule has 0 spiro atoms. The predicted octanol–water partition coefficient (Wildman–Crippen LogP) is 2.98.